The Balaban J connectivity index is 2.00. The summed E-state index contributed by atoms with van der Waals surface area (Å²) < 4.78 is 14.4. The van der Waals surface area contributed by atoms with E-state index >= 15 is 0 Å². The van der Waals surface area contributed by atoms with Gasteiger partial charge in [-0.25, -0.2) is 4.39 Å². The van der Waals surface area contributed by atoms with Crippen molar-refractivity contribution in [2.45, 2.75) is 17.9 Å². The van der Waals surface area contributed by atoms with Crippen LogP contribution in [0.3, 0.4) is 0 Å². The largest absolute Gasteiger partial charge is 0.323 e. The van der Waals surface area contributed by atoms with Gasteiger partial charge in [0.25, 0.3) is 0 Å². The van der Waals surface area contributed by atoms with Crippen molar-refractivity contribution in [2.75, 3.05) is 5.75 Å². The summed E-state index contributed by atoms with van der Waals surface area (Å²) >= 11 is 5.08. The van der Waals surface area contributed by atoms with E-state index in [9.17, 15) is 4.39 Å². The Morgan fingerprint density at radius 3 is 2.53 bits per heavy atom. The zero-order chi connectivity index (χ0) is 13.8. The summed E-state index contributed by atoms with van der Waals surface area (Å²) in [5.74, 6) is 0.504. The fourth-order valence-electron chi connectivity index (χ4n) is 1.79. The summed E-state index contributed by atoms with van der Waals surface area (Å²) in [6.07, 6.45) is 0. The minimum Gasteiger partial charge on any atom is -0.323 e. The quantitative estimate of drug-likeness (QED) is 0.817. The molecule has 0 aliphatic rings. The first-order valence-corrected chi connectivity index (χ1v) is 7.73. The van der Waals surface area contributed by atoms with Gasteiger partial charge in [-0.3, -0.25) is 0 Å². The van der Waals surface area contributed by atoms with Crippen LogP contribution in [0.15, 0.2) is 51.8 Å². The van der Waals surface area contributed by atoms with E-state index in [0.29, 0.717) is 0 Å². The Kier molecular flexibility index (Phi) is 5.02. The molecular weight excluding hydrogens is 325 g/mol. The summed E-state index contributed by atoms with van der Waals surface area (Å²) in [4.78, 5) is 1.16. The SMILES string of the molecule is Cc1cc(F)cc(C(N)CSc2ccc(Br)cc2)c1. The number of thioether (sulfide) groups is 1. The molecule has 0 fully saturated rings. The van der Waals surface area contributed by atoms with Crippen LogP contribution in [-0.2, 0) is 0 Å². The Hall–Kier alpha value is -0.840. The minimum atomic E-state index is -0.223. The molecule has 1 atom stereocenters. The van der Waals surface area contributed by atoms with Crippen LogP contribution in [0, 0.1) is 12.7 Å². The topological polar surface area (TPSA) is 26.0 Å². The standard InChI is InChI=1S/C15H15BrFNS/c1-10-6-11(8-13(17)7-10)15(18)9-19-14-4-2-12(16)3-5-14/h2-8,15H,9,18H2,1H3. The molecule has 0 spiro atoms. The third kappa shape index (κ3) is 4.34. The van der Waals surface area contributed by atoms with Gasteiger partial charge in [-0.2, -0.15) is 0 Å². The molecule has 0 saturated carbocycles. The molecule has 0 heterocycles. The van der Waals surface area contributed by atoms with E-state index in [-0.39, 0.29) is 11.9 Å². The average Bonchev–Trinajstić information content (AvgIpc) is 2.36. The highest BCUT2D eigenvalue weighted by molar-refractivity contribution is 9.10. The third-order valence-electron chi connectivity index (χ3n) is 2.74. The van der Waals surface area contributed by atoms with Crippen molar-refractivity contribution >= 4 is 27.7 Å². The van der Waals surface area contributed by atoms with Crippen LogP contribution >= 0.6 is 27.7 Å². The number of nitrogens with two attached hydrogens (primary N) is 1. The normalized spacial score (nSPS) is 12.4. The van der Waals surface area contributed by atoms with Crippen LogP contribution in [0.1, 0.15) is 17.2 Å². The van der Waals surface area contributed by atoms with Crippen LogP contribution in [0.5, 0.6) is 0 Å². The molecule has 19 heavy (non-hydrogen) atoms. The predicted molar refractivity (Wildman–Crippen MR) is 82.9 cm³/mol. The second-order valence-corrected chi connectivity index (χ2v) is 6.44. The Labute approximate surface area is 125 Å². The molecule has 0 bridgehead atoms. The molecule has 0 saturated heterocycles. The van der Waals surface area contributed by atoms with E-state index in [4.69, 9.17) is 5.73 Å². The summed E-state index contributed by atoms with van der Waals surface area (Å²) in [5.41, 5.74) is 7.86. The summed E-state index contributed by atoms with van der Waals surface area (Å²) in [7, 11) is 0. The molecular formula is C15H15BrFNS. The monoisotopic (exact) mass is 339 g/mol. The van der Waals surface area contributed by atoms with Crippen molar-refractivity contribution in [3.8, 4) is 0 Å². The second kappa shape index (κ2) is 6.55. The lowest BCUT2D eigenvalue weighted by Crippen LogP contribution is -2.13. The van der Waals surface area contributed by atoms with Crippen LogP contribution in [0.4, 0.5) is 4.39 Å². The van der Waals surface area contributed by atoms with Crippen molar-refractivity contribution in [1.29, 1.82) is 0 Å². The van der Waals surface area contributed by atoms with Gasteiger partial charge in [-0.1, -0.05) is 22.0 Å². The molecule has 0 amide bonds. The summed E-state index contributed by atoms with van der Waals surface area (Å²) in [5, 5.41) is 0. The van der Waals surface area contributed by atoms with Gasteiger partial charge in [0.2, 0.25) is 0 Å². The summed E-state index contributed by atoms with van der Waals surface area (Å²) in [6, 6.07) is 12.9. The molecule has 0 aromatic heterocycles. The Morgan fingerprint density at radius 2 is 1.89 bits per heavy atom. The molecule has 2 aromatic rings. The Bertz CT molecular complexity index is 536. The van der Waals surface area contributed by atoms with Crippen LogP contribution in [-0.4, -0.2) is 5.75 Å². The molecule has 100 valence electrons. The van der Waals surface area contributed by atoms with Gasteiger partial charge in [0.15, 0.2) is 0 Å². The average molecular weight is 340 g/mol. The second-order valence-electron chi connectivity index (χ2n) is 4.43. The van der Waals surface area contributed by atoms with Gasteiger partial charge < -0.3 is 5.73 Å². The molecule has 0 radical (unpaired) electrons. The first kappa shape index (κ1) is 14.6. The maximum absolute atomic E-state index is 13.3. The fourth-order valence-corrected chi connectivity index (χ4v) is 2.95. The number of rotatable bonds is 4. The molecule has 1 unspecified atom stereocenters. The van der Waals surface area contributed by atoms with E-state index in [1.165, 1.54) is 12.1 Å². The third-order valence-corrected chi connectivity index (χ3v) is 4.40. The van der Waals surface area contributed by atoms with Crippen LogP contribution in [0.2, 0.25) is 0 Å². The number of benzene rings is 2. The smallest absolute Gasteiger partial charge is 0.123 e. The molecule has 2 N–H and O–H groups in total. The molecule has 0 aliphatic carbocycles. The number of halogens is 2. The lowest BCUT2D eigenvalue weighted by molar-refractivity contribution is 0.621. The molecule has 1 nitrogen and oxygen atoms in total. The zero-order valence-corrected chi connectivity index (χ0v) is 13.0. The number of hydrogen-bond donors (Lipinski definition) is 1. The van der Waals surface area contributed by atoms with E-state index < -0.39 is 0 Å². The van der Waals surface area contributed by atoms with Gasteiger partial charge >= 0.3 is 0 Å². The Morgan fingerprint density at radius 1 is 1.21 bits per heavy atom. The molecule has 2 rings (SSSR count). The predicted octanol–water partition coefficient (Wildman–Crippen LogP) is 4.69. The van der Waals surface area contributed by atoms with E-state index in [0.717, 1.165) is 26.2 Å². The first-order valence-electron chi connectivity index (χ1n) is 5.95. The lowest BCUT2D eigenvalue weighted by atomic mass is 10.1. The van der Waals surface area contributed by atoms with Crippen molar-refractivity contribution in [2.24, 2.45) is 5.73 Å². The molecule has 4 heteroatoms. The van der Waals surface area contributed by atoms with Gasteiger partial charge in [0.1, 0.15) is 5.82 Å². The zero-order valence-electron chi connectivity index (χ0n) is 10.6. The van der Waals surface area contributed by atoms with Gasteiger partial charge in [-0.05, 0) is 54.4 Å². The van der Waals surface area contributed by atoms with Crippen LogP contribution < -0.4 is 5.73 Å². The molecule has 2 aromatic carbocycles. The number of aryl methyl sites for hydroxylation is 1. The van der Waals surface area contributed by atoms with Crippen molar-refractivity contribution in [1.82, 2.24) is 0 Å². The van der Waals surface area contributed by atoms with E-state index in [1.807, 2.05) is 37.3 Å². The number of hydrogen-bond acceptors (Lipinski definition) is 2. The maximum Gasteiger partial charge on any atom is 0.123 e. The summed E-state index contributed by atoms with van der Waals surface area (Å²) in [6.45, 7) is 1.88. The fraction of sp³-hybridized carbons (Fsp3) is 0.200. The van der Waals surface area contributed by atoms with E-state index in [2.05, 4.69) is 15.9 Å². The van der Waals surface area contributed by atoms with Gasteiger partial charge in [-0.15, -0.1) is 11.8 Å². The lowest BCUT2D eigenvalue weighted by Gasteiger charge is -2.12. The van der Waals surface area contributed by atoms with Crippen molar-refractivity contribution in [3.63, 3.8) is 0 Å². The minimum absolute atomic E-state index is 0.164. The maximum atomic E-state index is 13.3. The van der Waals surface area contributed by atoms with Crippen LogP contribution in [0.25, 0.3) is 0 Å². The highest BCUT2D eigenvalue weighted by atomic mass is 79.9. The van der Waals surface area contributed by atoms with E-state index in [1.54, 1.807) is 11.8 Å². The highest BCUT2D eigenvalue weighted by Crippen LogP contribution is 2.25. The first-order chi connectivity index (χ1) is 9.04. The van der Waals surface area contributed by atoms with Crippen molar-refractivity contribution in [3.05, 3.63) is 63.9 Å². The molecule has 0 aliphatic heterocycles. The van der Waals surface area contributed by atoms with Crippen molar-refractivity contribution < 1.29 is 4.39 Å². The highest BCUT2D eigenvalue weighted by Gasteiger charge is 2.08. The van der Waals surface area contributed by atoms with Gasteiger partial charge in [0.05, 0.1) is 0 Å². The van der Waals surface area contributed by atoms with Gasteiger partial charge in [0, 0.05) is 21.2 Å².